The Morgan fingerprint density at radius 1 is 1.28 bits per heavy atom. The summed E-state index contributed by atoms with van der Waals surface area (Å²) in [6, 6.07) is 5.65. The molecule has 3 rings (SSSR count). The zero-order valence-electron chi connectivity index (χ0n) is 17.4. The van der Waals surface area contributed by atoms with Gasteiger partial charge in [-0.1, -0.05) is 11.6 Å². The second kappa shape index (κ2) is 8.53. The van der Waals surface area contributed by atoms with Crippen molar-refractivity contribution in [2.75, 3.05) is 25.9 Å². The standard InChI is InChI=1S/C21H29ClN4O3/c1-21(2,3)29-20(27)25-7-5-14(6-8-25)19(26-13-17(23)12-24-26)15-9-16(22)11-18(10-15)28-4/h9-14,19H,5-8,23H2,1-4H3. The molecule has 7 nitrogen and oxygen atoms in total. The molecule has 2 heterocycles. The molecule has 158 valence electrons. The first-order valence-electron chi connectivity index (χ1n) is 9.78. The fraction of sp³-hybridized carbons (Fsp3) is 0.524. The van der Waals surface area contributed by atoms with Gasteiger partial charge in [0.15, 0.2) is 0 Å². The van der Waals surface area contributed by atoms with E-state index in [4.69, 9.17) is 26.8 Å². The lowest BCUT2D eigenvalue weighted by Crippen LogP contribution is -2.43. The van der Waals surface area contributed by atoms with Crippen LogP contribution >= 0.6 is 11.6 Å². The molecular weight excluding hydrogens is 392 g/mol. The molecule has 1 aromatic heterocycles. The minimum Gasteiger partial charge on any atom is -0.497 e. The van der Waals surface area contributed by atoms with E-state index in [2.05, 4.69) is 5.10 Å². The first-order valence-corrected chi connectivity index (χ1v) is 10.2. The molecule has 1 atom stereocenters. The molecule has 29 heavy (non-hydrogen) atoms. The maximum Gasteiger partial charge on any atom is 0.410 e. The lowest BCUT2D eigenvalue weighted by Gasteiger charge is -2.37. The summed E-state index contributed by atoms with van der Waals surface area (Å²) in [7, 11) is 1.62. The summed E-state index contributed by atoms with van der Waals surface area (Å²) >= 11 is 6.33. The van der Waals surface area contributed by atoms with Gasteiger partial charge in [0.1, 0.15) is 11.4 Å². The maximum absolute atomic E-state index is 12.4. The molecule has 1 saturated heterocycles. The third kappa shape index (κ3) is 5.35. The summed E-state index contributed by atoms with van der Waals surface area (Å²) < 4.78 is 12.8. The average Bonchev–Trinajstić information content (AvgIpc) is 3.06. The zero-order chi connectivity index (χ0) is 21.2. The van der Waals surface area contributed by atoms with Crippen molar-refractivity contribution in [3.8, 4) is 5.75 Å². The monoisotopic (exact) mass is 420 g/mol. The molecule has 0 radical (unpaired) electrons. The highest BCUT2D eigenvalue weighted by atomic mass is 35.5. The Morgan fingerprint density at radius 3 is 2.52 bits per heavy atom. The molecular formula is C21H29ClN4O3. The Bertz CT molecular complexity index is 854. The minimum atomic E-state index is -0.500. The predicted octanol–water partition coefficient (Wildman–Crippen LogP) is 4.36. The van der Waals surface area contributed by atoms with Crippen molar-refractivity contribution < 1.29 is 14.3 Å². The molecule has 1 amide bonds. The SMILES string of the molecule is COc1cc(Cl)cc(C(C2CCN(C(=O)OC(C)(C)C)CC2)n2cc(N)cn2)c1. The van der Waals surface area contributed by atoms with Crippen molar-refractivity contribution >= 4 is 23.4 Å². The van der Waals surface area contributed by atoms with Crippen molar-refractivity contribution in [2.45, 2.75) is 45.3 Å². The van der Waals surface area contributed by atoms with Crippen LogP contribution in [-0.4, -0.2) is 46.6 Å². The number of piperidine rings is 1. The Kier molecular flexibility index (Phi) is 6.27. The molecule has 1 unspecified atom stereocenters. The summed E-state index contributed by atoms with van der Waals surface area (Å²) in [6.07, 6.45) is 4.85. The number of amides is 1. The minimum absolute atomic E-state index is 0.0549. The van der Waals surface area contributed by atoms with Crippen molar-refractivity contribution in [2.24, 2.45) is 5.92 Å². The number of hydrogen-bond acceptors (Lipinski definition) is 5. The Labute approximate surface area is 176 Å². The number of methoxy groups -OCH3 is 1. The highest BCUT2D eigenvalue weighted by molar-refractivity contribution is 6.30. The van der Waals surface area contributed by atoms with Gasteiger partial charge in [-0.15, -0.1) is 0 Å². The van der Waals surface area contributed by atoms with E-state index in [-0.39, 0.29) is 18.1 Å². The van der Waals surface area contributed by atoms with E-state index in [9.17, 15) is 4.79 Å². The van der Waals surface area contributed by atoms with E-state index in [0.717, 1.165) is 18.4 Å². The van der Waals surface area contributed by atoms with Crippen LogP contribution in [0.5, 0.6) is 5.75 Å². The number of carbonyl (C=O) groups excluding carboxylic acids is 1. The molecule has 1 aliphatic rings. The number of nitrogens with zero attached hydrogens (tertiary/aromatic N) is 3. The molecule has 0 bridgehead atoms. The molecule has 0 saturated carbocycles. The smallest absolute Gasteiger partial charge is 0.410 e. The van der Waals surface area contributed by atoms with Gasteiger partial charge in [-0.05, 0) is 63.3 Å². The first-order chi connectivity index (χ1) is 13.7. The van der Waals surface area contributed by atoms with Gasteiger partial charge in [0.25, 0.3) is 0 Å². The fourth-order valence-corrected chi connectivity index (χ4v) is 3.98. The highest BCUT2D eigenvalue weighted by Crippen LogP contribution is 2.37. The number of anilines is 1. The van der Waals surface area contributed by atoms with Crippen LogP contribution in [0.25, 0.3) is 0 Å². The van der Waals surface area contributed by atoms with Crippen molar-refractivity contribution in [1.82, 2.24) is 14.7 Å². The van der Waals surface area contributed by atoms with Crippen LogP contribution in [0, 0.1) is 5.92 Å². The van der Waals surface area contributed by atoms with Gasteiger partial charge < -0.3 is 20.1 Å². The van der Waals surface area contributed by atoms with Gasteiger partial charge in [-0.25, -0.2) is 4.79 Å². The van der Waals surface area contributed by atoms with E-state index in [1.165, 1.54) is 0 Å². The lowest BCUT2D eigenvalue weighted by atomic mass is 9.85. The van der Waals surface area contributed by atoms with Gasteiger partial charge in [-0.2, -0.15) is 5.10 Å². The number of benzene rings is 1. The summed E-state index contributed by atoms with van der Waals surface area (Å²) in [5, 5.41) is 5.07. The molecule has 1 aliphatic heterocycles. The molecule has 0 spiro atoms. The quantitative estimate of drug-likeness (QED) is 0.794. The average molecular weight is 421 g/mol. The van der Waals surface area contributed by atoms with E-state index in [1.54, 1.807) is 24.3 Å². The molecule has 1 fully saturated rings. The Balaban J connectivity index is 1.82. The Morgan fingerprint density at radius 2 is 1.97 bits per heavy atom. The number of aromatic nitrogens is 2. The summed E-state index contributed by atoms with van der Waals surface area (Å²) in [6.45, 7) is 6.89. The van der Waals surface area contributed by atoms with Gasteiger partial charge in [0.2, 0.25) is 0 Å². The predicted molar refractivity (Wildman–Crippen MR) is 113 cm³/mol. The van der Waals surface area contributed by atoms with Gasteiger partial charge in [-0.3, -0.25) is 4.68 Å². The number of nitrogen functional groups attached to an aromatic ring is 1. The molecule has 2 N–H and O–H groups in total. The van der Waals surface area contributed by atoms with E-state index in [0.29, 0.717) is 29.5 Å². The number of halogens is 1. The van der Waals surface area contributed by atoms with Gasteiger partial charge >= 0.3 is 6.09 Å². The van der Waals surface area contributed by atoms with Gasteiger partial charge in [0, 0.05) is 24.3 Å². The highest BCUT2D eigenvalue weighted by Gasteiger charge is 2.33. The summed E-state index contributed by atoms with van der Waals surface area (Å²) in [5.74, 6) is 0.958. The Hall–Kier alpha value is -2.41. The third-order valence-corrected chi connectivity index (χ3v) is 5.23. The third-order valence-electron chi connectivity index (χ3n) is 5.02. The normalized spacial score (nSPS) is 16.5. The largest absolute Gasteiger partial charge is 0.497 e. The number of ether oxygens (including phenoxy) is 2. The van der Waals surface area contributed by atoms with Crippen LogP contribution in [0.4, 0.5) is 10.5 Å². The summed E-state index contributed by atoms with van der Waals surface area (Å²) in [4.78, 5) is 14.2. The second-order valence-electron chi connectivity index (χ2n) is 8.43. The molecule has 0 aliphatic carbocycles. The number of likely N-dealkylation sites (tertiary alicyclic amines) is 1. The van der Waals surface area contributed by atoms with Gasteiger partial charge in [0.05, 0.1) is 25.0 Å². The van der Waals surface area contributed by atoms with Crippen LogP contribution in [0.1, 0.15) is 45.2 Å². The van der Waals surface area contributed by atoms with E-state index < -0.39 is 5.60 Å². The van der Waals surface area contributed by atoms with E-state index in [1.807, 2.05) is 43.8 Å². The van der Waals surface area contributed by atoms with Crippen molar-refractivity contribution in [3.05, 3.63) is 41.2 Å². The first kappa shape index (κ1) is 21.3. The van der Waals surface area contributed by atoms with Crippen LogP contribution in [0.2, 0.25) is 5.02 Å². The zero-order valence-corrected chi connectivity index (χ0v) is 18.1. The fourth-order valence-electron chi connectivity index (χ4n) is 3.74. The van der Waals surface area contributed by atoms with Crippen LogP contribution in [0.3, 0.4) is 0 Å². The van der Waals surface area contributed by atoms with Crippen LogP contribution in [0.15, 0.2) is 30.6 Å². The molecule has 8 heteroatoms. The summed E-state index contributed by atoms with van der Waals surface area (Å²) in [5.41, 5.74) is 7.04. The van der Waals surface area contributed by atoms with Crippen molar-refractivity contribution in [1.29, 1.82) is 0 Å². The topological polar surface area (TPSA) is 82.6 Å². The van der Waals surface area contributed by atoms with E-state index >= 15 is 0 Å². The van der Waals surface area contributed by atoms with Crippen LogP contribution < -0.4 is 10.5 Å². The van der Waals surface area contributed by atoms with Crippen LogP contribution in [-0.2, 0) is 4.74 Å². The number of rotatable bonds is 4. The molecule has 2 aromatic rings. The second-order valence-corrected chi connectivity index (χ2v) is 8.86. The number of hydrogen-bond donors (Lipinski definition) is 1. The number of nitrogens with two attached hydrogens (primary N) is 1. The maximum atomic E-state index is 12.4. The number of carbonyl (C=O) groups is 1. The lowest BCUT2D eigenvalue weighted by molar-refractivity contribution is 0.0168. The molecule has 1 aromatic carbocycles. The van der Waals surface area contributed by atoms with Crippen molar-refractivity contribution in [3.63, 3.8) is 0 Å².